The molecule has 106 valence electrons. The lowest BCUT2D eigenvalue weighted by atomic mass is 9.98. The van der Waals surface area contributed by atoms with Crippen LogP contribution in [-0.4, -0.2) is 20.2 Å². The standard InChI is InChI=1S/C14H18BrN5/c1-8-11(6-10(15)7-12(8)16)13-17-18-19-20(13)14(2,3)9-4-5-9/h6-7,9H,4-5,16H2,1-3H3. The molecule has 6 heteroatoms. The van der Waals surface area contributed by atoms with Crippen LogP contribution in [0.5, 0.6) is 0 Å². The molecular weight excluding hydrogens is 318 g/mol. The van der Waals surface area contributed by atoms with Gasteiger partial charge in [-0.15, -0.1) is 5.10 Å². The molecule has 1 heterocycles. The predicted molar refractivity (Wildman–Crippen MR) is 82.1 cm³/mol. The predicted octanol–water partition coefficient (Wildman–Crippen LogP) is 3.14. The zero-order valence-corrected chi connectivity index (χ0v) is 13.5. The fourth-order valence-electron chi connectivity index (χ4n) is 2.64. The van der Waals surface area contributed by atoms with Gasteiger partial charge in [0.2, 0.25) is 0 Å². The minimum absolute atomic E-state index is 0.0671. The van der Waals surface area contributed by atoms with Crippen molar-refractivity contribution >= 4 is 21.6 Å². The van der Waals surface area contributed by atoms with Crippen LogP contribution in [0.3, 0.4) is 0 Å². The number of nitrogen functional groups attached to an aromatic ring is 1. The van der Waals surface area contributed by atoms with Crippen LogP contribution in [0.15, 0.2) is 16.6 Å². The van der Waals surface area contributed by atoms with Gasteiger partial charge in [-0.05, 0) is 67.7 Å². The van der Waals surface area contributed by atoms with Crippen LogP contribution in [0, 0.1) is 12.8 Å². The van der Waals surface area contributed by atoms with Gasteiger partial charge in [0.05, 0.1) is 5.54 Å². The van der Waals surface area contributed by atoms with Crippen molar-refractivity contribution in [3.8, 4) is 11.4 Å². The summed E-state index contributed by atoms with van der Waals surface area (Å²) in [7, 11) is 0. The van der Waals surface area contributed by atoms with Gasteiger partial charge in [0, 0.05) is 15.7 Å². The smallest absolute Gasteiger partial charge is 0.182 e. The van der Waals surface area contributed by atoms with Crippen molar-refractivity contribution in [1.82, 2.24) is 20.2 Å². The molecule has 1 saturated carbocycles. The number of aromatic nitrogens is 4. The fraction of sp³-hybridized carbons (Fsp3) is 0.500. The Bertz CT molecular complexity index is 658. The Kier molecular flexibility index (Phi) is 3.08. The number of hydrogen-bond donors (Lipinski definition) is 1. The van der Waals surface area contributed by atoms with E-state index in [2.05, 4.69) is 45.3 Å². The van der Waals surface area contributed by atoms with Gasteiger partial charge < -0.3 is 5.73 Å². The van der Waals surface area contributed by atoms with Crippen molar-refractivity contribution in [2.24, 2.45) is 5.92 Å². The van der Waals surface area contributed by atoms with Crippen molar-refractivity contribution in [2.45, 2.75) is 39.2 Å². The number of tetrazole rings is 1. The molecule has 2 N–H and O–H groups in total. The van der Waals surface area contributed by atoms with E-state index in [1.807, 2.05) is 23.7 Å². The molecule has 0 bridgehead atoms. The van der Waals surface area contributed by atoms with Crippen molar-refractivity contribution in [1.29, 1.82) is 0 Å². The molecule has 1 aliphatic rings. The highest BCUT2D eigenvalue weighted by atomic mass is 79.9. The largest absolute Gasteiger partial charge is 0.398 e. The second-order valence-electron chi connectivity index (χ2n) is 6.01. The number of rotatable bonds is 3. The summed E-state index contributed by atoms with van der Waals surface area (Å²) in [6.07, 6.45) is 2.48. The van der Waals surface area contributed by atoms with E-state index in [0.717, 1.165) is 27.1 Å². The molecule has 0 saturated heterocycles. The minimum atomic E-state index is -0.0671. The topological polar surface area (TPSA) is 69.6 Å². The summed E-state index contributed by atoms with van der Waals surface area (Å²) in [5.41, 5.74) is 8.72. The molecule has 0 atom stereocenters. The molecule has 1 fully saturated rings. The van der Waals surface area contributed by atoms with Gasteiger partial charge in [-0.3, -0.25) is 0 Å². The van der Waals surface area contributed by atoms with E-state index >= 15 is 0 Å². The third-order valence-corrected chi connectivity index (χ3v) is 4.70. The molecule has 1 aromatic heterocycles. The van der Waals surface area contributed by atoms with E-state index in [9.17, 15) is 0 Å². The lowest BCUT2D eigenvalue weighted by Gasteiger charge is -2.26. The van der Waals surface area contributed by atoms with Crippen LogP contribution in [0.2, 0.25) is 0 Å². The quantitative estimate of drug-likeness (QED) is 0.874. The van der Waals surface area contributed by atoms with Crippen molar-refractivity contribution in [3.05, 3.63) is 22.2 Å². The summed E-state index contributed by atoms with van der Waals surface area (Å²) in [5, 5.41) is 12.3. The molecule has 0 aliphatic heterocycles. The number of hydrogen-bond acceptors (Lipinski definition) is 4. The van der Waals surface area contributed by atoms with Crippen LogP contribution in [0.25, 0.3) is 11.4 Å². The molecular formula is C14H18BrN5. The Balaban J connectivity index is 2.15. The van der Waals surface area contributed by atoms with Crippen LogP contribution < -0.4 is 5.73 Å². The number of halogens is 1. The Morgan fingerprint density at radius 3 is 2.70 bits per heavy atom. The molecule has 0 radical (unpaired) electrons. The Morgan fingerprint density at radius 2 is 2.05 bits per heavy atom. The van der Waals surface area contributed by atoms with E-state index in [0.29, 0.717) is 5.92 Å². The lowest BCUT2D eigenvalue weighted by molar-refractivity contribution is 0.271. The summed E-state index contributed by atoms with van der Waals surface area (Å²) in [6.45, 7) is 6.39. The van der Waals surface area contributed by atoms with E-state index < -0.39 is 0 Å². The summed E-state index contributed by atoms with van der Waals surface area (Å²) in [4.78, 5) is 0. The minimum Gasteiger partial charge on any atom is -0.398 e. The van der Waals surface area contributed by atoms with Gasteiger partial charge in [-0.25, -0.2) is 4.68 Å². The third-order valence-electron chi connectivity index (χ3n) is 4.25. The molecule has 0 spiro atoms. The molecule has 3 rings (SSSR count). The van der Waals surface area contributed by atoms with E-state index in [1.165, 1.54) is 12.8 Å². The van der Waals surface area contributed by atoms with Gasteiger partial charge in [0.25, 0.3) is 0 Å². The highest BCUT2D eigenvalue weighted by molar-refractivity contribution is 9.10. The second kappa shape index (κ2) is 4.55. The summed E-state index contributed by atoms with van der Waals surface area (Å²) >= 11 is 3.49. The molecule has 1 aromatic carbocycles. The molecule has 2 aromatic rings. The molecule has 5 nitrogen and oxygen atoms in total. The molecule has 0 amide bonds. The van der Waals surface area contributed by atoms with Crippen molar-refractivity contribution < 1.29 is 0 Å². The first-order valence-electron chi connectivity index (χ1n) is 6.76. The average molecular weight is 336 g/mol. The normalized spacial score (nSPS) is 15.6. The maximum atomic E-state index is 6.05. The Hall–Kier alpha value is -1.43. The van der Waals surface area contributed by atoms with Crippen LogP contribution >= 0.6 is 15.9 Å². The van der Waals surface area contributed by atoms with Crippen molar-refractivity contribution in [2.75, 3.05) is 5.73 Å². The molecule has 0 unspecified atom stereocenters. The Labute approximate surface area is 126 Å². The van der Waals surface area contributed by atoms with Gasteiger partial charge >= 0.3 is 0 Å². The van der Waals surface area contributed by atoms with Gasteiger partial charge in [-0.2, -0.15) is 0 Å². The van der Waals surface area contributed by atoms with Gasteiger partial charge in [0.15, 0.2) is 5.82 Å². The first-order chi connectivity index (χ1) is 9.41. The van der Waals surface area contributed by atoms with Crippen LogP contribution in [0.1, 0.15) is 32.3 Å². The monoisotopic (exact) mass is 335 g/mol. The van der Waals surface area contributed by atoms with Gasteiger partial charge in [-0.1, -0.05) is 15.9 Å². The zero-order valence-electron chi connectivity index (χ0n) is 11.9. The van der Waals surface area contributed by atoms with Crippen molar-refractivity contribution in [3.63, 3.8) is 0 Å². The highest BCUT2D eigenvalue weighted by Gasteiger charge is 2.41. The van der Waals surface area contributed by atoms with Crippen LogP contribution in [0.4, 0.5) is 5.69 Å². The maximum absolute atomic E-state index is 6.05. The molecule has 20 heavy (non-hydrogen) atoms. The Morgan fingerprint density at radius 1 is 1.35 bits per heavy atom. The van der Waals surface area contributed by atoms with Crippen LogP contribution in [-0.2, 0) is 5.54 Å². The number of benzene rings is 1. The lowest BCUT2D eigenvalue weighted by Crippen LogP contribution is -2.30. The maximum Gasteiger partial charge on any atom is 0.182 e. The summed E-state index contributed by atoms with van der Waals surface area (Å²) < 4.78 is 2.88. The van der Waals surface area contributed by atoms with E-state index in [1.54, 1.807) is 0 Å². The third kappa shape index (κ3) is 2.12. The van der Waals surface area contributed by atoms with E-state index in [4.69, 9.17) is 5.73 Å². The highest BCUT2D eigenvalue weighted by Crippen LogP contribution is 2.45. The first-order valence-corrected chi connectivity index (χ1v) is 7.55. The number of nitrogens with two attached hydrogens (primary N) is 1. The number of nitrogens with zero attached hydrogens (tertiary/aromatic N) is 4. The SMILES string of the molecule is Cc1c(N)cc(Br)cc1-c1nnnn1C(C)(C)C1CC1. The zero-order chi connectivity index (χ0) is 14.5. The second-order valence-corrected chi connectivity index (χ2v) is 6.93. The fourth-order valence-corrected chi connectivity index (χ4v) is 3.11. The molecule has 1 aliphatic carbocycles. The first kappa shape index (κ1) is 13.5. The van der Waals surface area contributed by atoms with E-state index in [-0.39, 0.29) is 5.54 Å². The van der Waals surface area contributed by atoms with Gasteiger partial charge in [0.1, 0.15) is 0 Å². The summed E-state index contributed by atoms with van der Waals surface area (Å²) in [5.74, 6) is 1.43. The number of anilines is 1. The average Bonchev–Trinajstić information content (AvgIpc) is 3.12. The summed E-state index contributed by atoms with van der Waals surface area (Å²) in [6, 6.07) is 3.93.